The number of nitrogens with zero attached hydrogens (tertiary/aromatic N) is 14. The number of halogens is 16. The third kappa shape index (κ3) is 31.9. The van der Waals surface area contributed by atoms with E-state index < -0.39 is 75.3 Å². The van der Waals surface area contributed by atoms with E-state index in [2.05, 4.69) is 64.8 Å². The molecule has 29 nitrogen and oxygen atoms in total. The topological polar surface area (TPSA) is 414 Å². The maximum absolute atomic E-state index is 12.8. The average molecular weight is 1810 g/mol. The van der Waals surface area contributed by atoms with E-state index in [4.69, 9.17) is 65.7 Å². The van der Waals surface area contributed by atoms with Crippen molar-refractivity contribution in [3.63, 3.8) is 0 Å². The third-order valence-corrected chi connectivity index (χ3v) is 16.6. The predicted molar refractivity (Wildman–Crippen MR) is 429 cm³/mol. The molecule has 129 heavy (non-hydrogen) atoms. The van der Waals surface area contributed by atoms with E-state index in [-0.39, 0.29) is 78.2 Å². The van der Waals surface area contributed by atoms with Crippen LogP contribution in [0.2, 0.25) is 0 Å². The van der Waals surface area contributed by atoms with Crippen molar-refractivity contribution >= 4 is 34.2 Å². The van der Waals surface area contributed by atoms with Gasteiger partial charge in [-0.2, -0.15) is 85.2 Å². The maximum atomic E-state index is 12.8. The molecule has 9 aromatic heterocycles. The van der Waals surface area contributed by atoms with Gasteiger partial charge in [0.05, 0.1) is 52.6 Å². The molecule has 45 heteroatoms. The van der Waals surface area contributed by atoms with Crippen LogP contribution in [-0.4, -0.2) is 118 Å². The molecule has 0 unspecified atom stereocenters. The quantitative estimate of drug-likeness (QED) is 0.0134. The first-order valence-electron chi connectivity index (χ1n) is 37.2. The number of alkyl halides is 15. The van der Waals surface area contributed by atoms with Gasteiger partial charge in [-0.1, -0.05) is 60.7 Å². The second kappa shape index (κ2) is 45.9. The van der Waals surface area contributed by atoms with E-state index in [1.165, 1.54) is 25.0 Å². The van der Waals surface area contributed by atoms with Gasteiger partial charge in [-0.05, 0) is 132 Å². The number of rotatable bonds is 25. The molecule has 0 fully saturated rings. The van der Waals surface area contributed by atoms with Gasteiger partial charge in [-0.3, -0.25) is 10.1 Å². The van der Waals surface area contributed by atoms with Crippen molar-refractivity contribution in [2.45, 2.75) is 63.0 Å². The number of hydrogen-bond donors (Lipinski definition) is 6. The van der Waals surface area contributed by atoms with E-state index in [0.717, 1.165) is 114 Å². The standard InChI is InChI=1S/C20H14F3N5O2.C18H14F3N5O4.C18H16F3N5O2.C14H12F3NO2.C8H10O2.C6H3F4N/c21-20(22,23)14-5-7-24-16(11-14)30-15-3-1-13(2-4-15)6-10-29-19-17-18(27-12-28-19)26-9-8-25-17;19-18(20,21)12-5-7-23-14(9-12)30-13-3-1-11(2-4-13)6-8-29-17-15(26(27)28)16(22)24-10-25-17;19-18(20,21)12-5-7-24-14(9-12)28-13-3-1-11(2-4-13)6-8-27-17-15(22)16(23)25-10-26-17;15-14(16,17)11-5-7-18-13(9-11)20-12-3-1-10(2-4-12)6-8-19;9-6-5-7-1-3-8(10)4-2-7;7-5-3-4(1-2-11-5)6(8,9)10/h1-5,7-9,11-12H,6,10H2;1-5,7,9-10H,6,8H2,(H2,22,24,25);1-5,7,9-10H,6,8,22H2,(H2,23,25,26);1-5,7,9,19H,6,8H2;1-4,9-10H,5-6H2;1-3H. The van der Waals surface area contributed by atoms with Crippen molar-refractivity contribution in [2.24, 2.45) is 0 Å². The normalized spacial score (nSPS) is 11.2. The van der Waals surface area contributed by atoms with Crippen LogP contribution >= 0.6 is 0 Å². The summed E-state index contributed by atoms with van der Waals surface area (Å²) in [4.78, 5) is 59.7. The summed E-state index contributed by atoms with van der Waals surface area (Å²) < 4.78 is 238. The number of aliphatic hydroxyl groups is 2. The first-order chi connectivity index (χ1) is 61.4. The summed E-state index contributed by atoms with van der Waals surface area (Å²) in [6, 6.07) is 41.6. The third-order valence-electron chi connectivity index (χ3n) is 16.6. The van der Waals surface area contributed by atoms with Gasteiger partial charge in [0.15, 0.2) is 17.0 Å². The average Bonchev–Trinajstić information content (AvgIpc) is 0.851. The molecule has 0 aliphatic rings. The van der Waals surface area contributed by atoms with Crippen molar-refractivity contribution < 1.29 is 124 Å². The van der Waals surface area contributed by atoms with Gasteiger partial charge in [-0.15, -0.1) is 0 Å². The molecular formula is C84H69F16N17O12. The summed E-state index contributed by atoms with van der Waals surface area (Å²) in [6.45, 7) is 0.918. The fourth-order valence-corrected chi connectivity index (χ4v) is 10.3. The number of aliphatic hydroxyl groups excluding tert-OH is 2. The highest BCUT2D eigenvalue weighted by molar-refractivity contribution is 5.74. The number of fused-ring (bicyclic) bond motifs is 1. The van der Waals surface area contributed by atoms with Crippen LogP contribution in [0.5, 0.6) is 69.9 Å². The van der Waals surface area contributed by atoms with Crippen LogP contribution in [0.15, 0.2) is 244 Å². The zero-order chi connectivity index (χ0) is 93.3. The van der Waals surface area contributed by atoms with Crippen LogP contribution in [-0.2, 0) is 63.0 Å². The monoisotopic (exact) mass is 1810 g/mol. The number of anilines is 3. The van der Waals surface area contributed by atoms with Crippen LogP contribution in [0, 0.1) is 16.1 Å². The van der Waals surface area contributed by atoms with Crippen molar-refractivity contribution in [2.75, 3.05) is 50.2 Å². The van der Waals surface area contributed by atoms with E-state index in [1.807, 2.05) is 0 Å². The minimum absolute atomic E-state index is 0.0371. The summed E-state index contributed by atoms with van der Waals surface area (Å²) in [7, 11) is 0. The van der Waals surface area contributed by atoms with E-state index >= 15 is 0 Å². The number of ether oxygens (including phenoxy) is 7. The lowest BCUT2D eigenvalue weighted by molar-refractivity contribution is -0.385. The highest BCUT2D eigenvalue weighted by Gasteiger charge is 2.35. The Kier molecular flexibility index (Phi) is 34.6. The number of hydrogen-bond acceptors (Lipinski definition) is 28. The SMILES string of the molecule is FC(F)(F)c1ccnc(Oc2ccc(CCOc3ncnc4nccnc34)cc2)c1.Fc1cc(C(F)(F)F)ccn1.Nc1ncnc(OCCc2ccc(Oc3cc(C(F)(F)F)ccn3)cc2)c1N.Nc1ncnc(OCCc2ccc(Oc3cc(C(F)(F)F)ccn3)cc2)c1[N+](=O)[O-].OCCc1ccc(O)cc1.OCCc1ccc(Oc2cc(C(F)(F)F)ccn2)cc1. The molecule has 14 aromatic rings. The molecular weight excluding hydrogens is 1740 g/mol. The Morgan fingerprint density at radius 2 is 0.636 bits per heavy atom. The molecule has 0 saturated carbocycles. The molecule has 9 N–H and O–H groups in total. The zero-order valence-electron chi connectivity index (χ0n) is 66.2. The molecule has 0 radical (unpaired) electrons. The molecule has 9 heterocycles. The van der Waals surface area contributed by atoms with Crippen LogP contribution < -0.4 is 50.4 Å². The fourth-order valence-electron chi connectivity index (χ4n) is 10.3. The molecule has 0 amide bonds. The number of phenols is 1. The smallest absolute Gasteiger partial charge is 0.416 e. The lowest BCUT2D eigenvalue weighted by Crippen LogP contribution is -2.07. The van der Waals surface area contributed by atoms with Crippen LogP contribution in [0.4, 0.5) is 93.3 Å². The minimum atomic E-state index is -4.50. The molecule has 14 rings (SSSR count). The van der Waals surface area contributed by atoms with Crippen molar-refractivity contribution in [1.29, 1.82) is 0 Å². The number of benzene rings is 5. The fraction of sp³-hybridized carbons (Fsp3) is 0.179. The van der Waals surface area contributed by atoms with Gasteiger partial charge in [-0.25, -0.2) is 49.8 Å². The summed E-state index contributed by atoms with van der Waals surface area (Å²) in [5.41, 5.74) is 17.7. The second-order valence-corrected chi connectivity index (χ2v) is 25.8. The Hall–Kier alpha value is -15.6. The Bertz CT molecular complexity index is 5910. The summed E-state index contributed by atoms with van der Waals surface area (Å²) >= 11 is 0. The number of aromatic hydroxyl groups is 1. The Morgan fingerprint density at radius 3 is 0.984 bits per heavy atom. The minimum Gasteiger partial charge on any atom is -0.508 e. The van der Waals surface area contributed by atoms with Crippen LogP contribution in [0.1, 0.15) is 55.6 Å². The van der Waals surface area contributed by atoms with Gasteiger partial charge in [0, 0.05) is 106 Å². The summed E-state index contributed by atoms with van der Waals surface area (Å²) in [5, 5.41) is 37.2. The number of nitrogens with two attached hydrogens (primary N) is 3. The van der Waals surface area contributed by atoms with Gasteiger partial charge < -0.3 is 65.7 Å². The van der Waals surface area contributed by atoms with Gasteiger partial charge >= 0.3 is 36.6 Å². The Labute approximate surface area is 719 Å². The van der Waals surface area contributed by atoms with E-state index in [0.29, 0.717) is 97.5 Å². The summed E-state index contributed by atoms with van der Waals surface area (Å²) in [5.74, 6) is 0.183. The number of aromatic nitrogens is 13. The maximum Gasteiger partial charge on any atom is 0.416 e. The first kappa shape index (κ1) is 97.2. The number of pyridine rings is 5. The molecule has 0 spiro atoms. The van der Waals surface area contributed by atoms with E-state index in [9.17, 15) is 80.4 Å². The lowest BCUT2D eigenvalue weighted by atomic mass is 10.1. The number of nitrogen functional groups attached to an aromatic ring is 3. The molecule has 5 aromatic carbocycles. The summed E-state index contributed by atoms with van der Waals surface area (Å²) in [6.07, 6.45) is -7.93. The molecule has 0 bridgehead atoms. The van der Waals surface area contributed by atoms with Gasteiger partial charge in [0.25, 0.3) is 5.88 Å². The van der Waals surface area contributed by atoms with Crippen molar-refractivity contribution in [1.82, 2.24) is 64.8 Å². The first-order valence-corrected chi connectivity index (χ1v) is 37.2. The van der Waals surface area contributed by atoms with Crippen molar-refractivity contribution in [3.8, 4) is 69.9 Å². The van der Waals surface area contributed by atoms with Crippen LogP contribution in [0.3, 0.4) is 0 Å². The molecule has 674 valence electrons. The predicted octanol–water partition coefficient (Wildman–Crippen LogP) is 18.1. The molecule has 0 aliphatic carbocycles. The highest BCUT2D eigenvalue weighted by Crippen LogP contribution is 2.38. The largest absolute Gasteiger partial charge is 0.508 e. The molecule has 0 atom stereocenters. The Morgan fingerprint density at radius 1 is 0.333 bits per heavy atom. The molecule has 0 saturated heterocycles. The zero-order valence-corrected chi connectivity index (χ0v) is 66.2. The lowest BCUT2D eigenvalue weighted by Gasteiger charge is -2.10. The number of nitro groups is 1. The molecule has 0 aliphatic heterocycles. The second-order valence-electron chi connectivity index (χ2n) is 25.8. The number of phenolic OH excluding ortho intramolecular Hbond substituents is 1. The van der Waals surface area contributed by atoms with Crippen LogP contribution in [0.25, 0.3) is 11.2 Å². The van der Waals surface area contributed by atoms with E-state index in [1.54, 1.807) is 121 Å². The van der Waals surface area contributed by atoms with Gasteiger partial charge in [0.2, 0.25) is 47.0 Å². The highest BCUT2D eigenvalue weighted by atomic mass is 19.4. The Balaban J connectivity index is 0.000000181. The van der Waals surface area contributed by atoms with Crippen molar-refractivity contribution in [3.05, 3.63) is 316 Å². The van der Waals surface area contributed by atoms with Gasteiger partial charge in [0.1, 0.15) is 53.4 Å².